The fourth-order valence-corrected chi connectivity index (χ4v) is 3.89. The Balaban J connectivity index is 1.83. The minimum Gasteiger partial charge on any atom is -0.504 e. The zero-order valence-corrected chi connectivity index (χ0v) is 17.9. The van der Waals surface area contributed by atoms with E-state index in [1.54, 1.807) is 19.1 Å². The first-order valence-electron chi connectivity index (χ1n) is 10.5. The summed E-state index contributed by atoms with van der Waals surface area (Å²) in [7, 11) is 1.42. The van der Waals surface area contributed by atoms with Gasteiger partial charge in [-0.2, -0.15) is 0 Å². The summed E-state index contributed by atoms with van der Waals surface area (Å²) >= 11 is 0. The molecule has 1 aromatic carbocycles. The molecule has 0 aliphatic heterocycles. The van der Waals surface area contributed by atoms with Crippen molar-refractivity contribution in [1.29, 1.82) is 0 Å². The van der Waals surface area contributed by atoms with Crippen LogP contribution in [0.3, 0.4) is 0 Å². The molecule has 1 unspecified atom stereocenters. The Hall–Kier alpha value is -3.22. The van der Waals surface area contributed by atoms with Crippen LogP contribution in [0.5, 0.6) is 17.2 Å². The standard InChI is InChI=1S/C24H29NO6/c1-15-12-20(27)23(29)24(31-15)18(17-8-9-19(26)21(13-17)30-2)14-22(28)25-11-10-16-6-4-3-5-7-16/h6,8-9,12-13,18,26,29H,3-5,7,10-11,14H2,1-2H3,(H,25,28). The fraction of sp³-hybridized carbons (Fsp3) is 0.417. The highest BCUT2D eigenvalue weighted by Gasteiger charge is 2.26. The van der Waals surface area contributed by atoms with Crippen molar-refractivity contribution in [3.05, 3.63) is 63.2 Å². The molecule has 166 valence electrons. The van der Waals surface area contributed by atoms with E-state index in [0.29, 0.717) is 17.9 Å². The maximum Gasteiger partial charge on any atom is 0.227 e. The molecule has 7 heteroatoms. The van der Waals surface area contributed by atoms with Gasteiger partial charge in [0.1, 0.15) is 5.76 Å². The number of phenols is 1. The van der Waals surface area contributed by atoms with Crippen molar-refractivity contribution in [2.24, 2.45) is 0 Å². The molecule has 3 rings (SSSR count). The molecule has 7 nitrogen and oxygen atoms in total. The normalized spacial score (nSPS) is 14.6. The van der Waals surface area contributed by atoms with E-state index < -0.39 is 17.1 Å². The molecule has 0 bridgehead atoms. The monoisotopic (exact) mass is 427 g/mol. The fourth-order valence-electron chi connectivity index (χ4n) is 3.89. The van der Waals surface area contributed by atoms with Gasteiger partial charge < -0.3 is 24.7 Å². The van der Waals surface area contributed by atoms with Gasteiger partial charge in [0.25, 0.3) is 0 Å². The van der Waals surface area contributed by atoms with E-state index in [1.165, 1.54) is 37.7 Å². The summed E-state index contributed by atoms with van der Waals surface area (Å²) in [5.74, 6) is -0.955. The molecule has 1 aliphatic rings. The van der Waals surface area contributed by atoms with Gasteiger partial charge in [0.2, 0.25) is 17.1 Å². The van der Waals surface area contributed by atoms with Crippen molar-refractivity contribution in [2.75, 3.05) is 13.7 Å². The number of phenolic OH excluding ortho intramolecular Hbond substituents is 1. The van der Waals surface area contributed by atoms with E-state index in [1.807, 2.05) is 0 Å². The van der Waals surface area contributed by atoms with Crippen LogP contribution in [0.25, 0.3) is 0 Å². The third kappa shape index (κ3) is 5.69. The summed E-state index contributed by atoms with van der Waals surface area (Å²) in [6.07, 6.45) is 7.62. The van der Waals surface area contributed by atoms with Crippen LogP contribution in [0.2, 0.25) is 0 Å². The Bertz CT molecular complexity index is 1020. The lowest BCUT2D eigenvalue weighted by atomic mass is 9.91. The number of nitrogens with one attached hydrogen (secondary N) is 1. The van der Waals surface area contributed by atoms with Crippen molar-refractivity contribution in [1.82, 2.24) is 5.32 Å². The first kappa shape index (κ1) is 22.5. The maximum absolute atomic E-state index is 12.7. The average Bonchev–Trinajstić information content (AvgIpc) is 2.76. The zero-order chi connectivity index (χ0) is 22.4. The zero-order valence-electron chi connectivity index (χ0n) is 17.9. The Kier molecular flexibility index (Phi) is 7.39. The number of methoxy groups -OCH3 is 1. The Morgan fingerprint density at radius 1 is 1.26 bits per heavy atom. The third-order valence-corrected chi connectivity index (χ3v) is 5.54. The number of aryl methyl sites for hydroxylation is 1. The van der Waals surface area contributed by atoms with Crippen LogP contribution in [-0.4, -0.2) is 29.8 Å². The quantitative estimate of drug-likeness (QED) is 0.552. The van der Waals surface area contributed by atoms with E-state index in [0.717, 1.165) is 19.3 Å². The number of aromatic hydroxyl groups is 2. The number of carbonyl (C=O) groups is 1. The summed E-state index contributed by atoms with van der Waals surface area (Å²) in [6.45, 7) is 2.14. The first-order chi connectivity index (χ1) is 14.9. The highest BCUT2D eigenvalue weighted by Crippen LogP contribution is 2.37. The van der Waals surface area contributed by atoms with E-state index in [4.69, 9.17) is 9.15 Å². The molecule has 1 aromatic heterocycles. The van der Waals surface area contributed by atoms with Gasteiger partial charge in [-0.05, 0) is 56.7 Å². The largest absolute Gasteiger partial charge is 0.504 e. The second-order valence-corrected chi connectivity index (χ2v) is 7.83. The molecule has 0 spiro atoms. The smallest absolute Gasteiger partial charge is 0.227 e. The number of benzene rings is 1. The minimum absolute atomic E-state index is 0.0166. The molecule has 0 saturated heterocycles. The molecule has 0 saturated carbocycles. The van der Waals surface area contributed by atoms with Crippen molar-refractivity contribution >= 4 is 5.91 Å². The van der Waals surface area contributed by atoms with Crippen LogP contribution in [0, 0.1) is 6.92 Å². The van der Waals surface area contributed by atoms with Gasteiger partial charge in [-0.3, -0.25) is 9.59 Å². The van der Waals surface area contributed by atoms with E-state index in [9.17, 15) is 19.8 Å². The van der Waals surface area contributed by atoms with Gasteiger partial charge in [0, 0.05) is 19.0 Å². The number of ether oxygens (including phenoxy) is 1. The van der Waals surface area contributed by atoms with Crippen LogP contribution in [0.15, 0.2) is 45.1 Å². The lowest BCUT2D eigenvalue weighted by molar-refractivity contribution is -0.121. The molecule has 0 fully saturated rings. The van der Waals surface area contributed by atoms with Crippen LogP contribution in [0.1, 0.15) is 61.5 Å². The number of hydrogen-bond donors (Lipinski definition) is 3. The molecule has 1 atom stereocenters. The minimum atomic E-state index is -0.726. The molecule has 0 radical (unpaired) electrons. The Labute approximate surface area is 181 Å². The molecule has 2 aromatic rings. The second kappa shape index (κ2) is 10.2. The average molecular weight is 427 g/mol. The summed E-state index contributed by atoms with van der Waals surface area (Å²) in [5.41, 5.74) is 1.37. The molecule has 1 aliphatic carbocycles. The summed E-state index contributed by atoms with van der Waals surface area (Å²) in [4.78, 5) is 24.9. The third-order valence-electron chi connectivity index (χ3n) is 5.54. The van der Waals surface area contributed by atoms with Gasteiger partial charge in [0.05, 0.1) is 13.0 Å². The number of allylic oxidation sites excluding steroid dienone is 1. The van der Waals surface area contributed by atoms with Gasteiger partial charge in [-0.25, -0.2) is 0 Å². The van der Waals surface area contributed by atoms with Crippen molar-refractivity contribution < 1.29 is 24.2 Å². The van der Waals surface area contributed by atoms with Crippen molar-refractivity contribution in [3.8, 4) is 17.2 Å². The van der Waals surface area contributed by atoms with Crippen molar-refractivity contribution in [2.45, 2.75) is 51.4 Å². The summed E-state index contributed by atoms with van der Waals surface area (Å²) in [5, 5.41) is 23.2. The highest BCUT2D eigenvalue weighted by molar-refractivity contribution is 5.77. The predicted octanol–water partition coefficient (Wildman–Crippen LogP) is 3.90. The molecule has 1 amide bonds. The topological polar surface area (TPSA) is 109 Å². The summed E-state index contributed by atoms with van der Waals surface area (Å²) in [6, 6.07) is 5.83. The number of hydrogen-bond acceptors (Lipinski definition) is 6. The van der Waals surface area contributed by atoms with Crippen LogP contribution in [-0.2, 0) is 4.79 Å². The van der Waals surface area contributed by atoms with Gasteiger partial charge >= 0.3 is 0 Å². The van der Waals surface area contributed by atoms with Crippen LogP contribution in [0.4, 0.5) is 0 Å². The van der Waals surface area contributed by atoms with E-state index >= 15 is 0 Å². The van der Waals surface area contributed by atoms with E-state index in [-0.39, 0.29) is 29.6 Å². The molecular weight excluding hydrogens is 398 g/mol. The molecular formula is C24H29NO6. The van der Waals surface area contributed by atoms with Gasteiger partial charge in [-0.15, -0.1) is 0 Å². The highest BCUT2D eigenvalue weighted by atomic mass is 16.5. The SMILES string of the molecule is COc1cc(C(CC(=O)NCCC2=CCCCC2)c2oc(C)cc(=O)c2O)ccc1O. The molecule has 3 N–H and O–H groups in total. The van der Waals surface area contributed by atoms with E-state index in [2.05, 4.69) is 11.4 Å². The lowest BCUT2D eigenvalue weighted by Crippen LogP contribution is -2.27. The molecule has 1 heterocycles. The maximum atomic E-state index is 12.7. The Morgan fingerprint density at radius 3 is 2.77 bits per heavy atom. The first-order valence-corrected chi connectivity index (χ1v) is 10.5. The number of carbonyl (C=O) groups excluding carboxylic acids is 1. The predicted molar refractivity (Wildman–Crippen MR) is 117 cm³/mol. The van der Waals surface area contributed by atoms with Crippen LogP contribution < -0.4 is 15.5 Å². The Morgan fingerprint density at radius 2 is 2.06 bits per heavy atom. The lowest BCUT2D eigenvalue weighted by Gasteiger charge is -2.19. The second-order valence-electron chi connectivity index (χ2n) is 7.83. The molecule has 31 heavy (non-hydrogen) atoms. The van der Waals surface area contributed by atoms with Gasteiger partial charge in [-0.1, -0.05) is 17.7 Å². The number of rotatable bonds is 8. The van der Waals surface area contributed by atoms with Crippen molar-refractivity contribution in [3.63, 3.8) is 0 Å². The number of amides is 1. The van der Waals surface area contributed by atoms with Gasteiger partial charge in [0.15, 0.2) is 17.3 Å². The van der Waals surface area contributed by atoms with Crippen LogP contribution >= 0.6 is 0 Å². The summed E-state index contributed by atoms with van der Waals surface area (Å²) < 4.78 is 10.8.